The molecule has 5 rings (SSSR count). The van der Waals surface area contributed by atoms with Gasteiger partial charge in [-0.1, -0.05) is 25.3 Å². The average Bonchev–Trinajstić information content (AvgIpc) is 2.88. The predicted octanol–water partition coefficient (Wildman–Crippen LogP) is 4.09. The number of anilines is 4. The lowest BCUT2D eigenvalue weighted by Gasteiger charge is -2.37. The van der Waals surface area contributed by atoms with Gasteiger partial charge in [-0.25, -0.2) is 4.98 Å². The summed E-state index contributed by atoms with van der Waals surface area (Å²) in [7, 11) is 2.10. The monoisotopic (exact) mass is 392 g/mol. The standard InChI is InChI=1S/C23H28N4O2/c1-26(19-14-29-15-19)18-9-10-20-21(12-18)27(23(28)16-6-3-2-4-7-16)13-17-8-5-11-24-22(17)25-20/h5,8-12,16,19H,2-4,6-7,13-15H2,1H3,(H,24,25). The molecule has 3 heterocycles. The SMILES string of the molecule is CN(c1ccc2c(c1)N(C(=O)C1CCCCC1)Cc1cccnc1N2)C1COC1. The molecule has 152 valence electrons. The van der Waals surface area contributed by atoms with E-state index < -0.39 is 0 Å². The summed E-state index contributed by atoms with van der Waals surface area (Å²) in [5, 5.41) is 3.47. The second-order valence-corrected chi connectivity index (χ2v) is 8.40. The Bertz CT molecular complexity index is 906. The van der Waals surface area contributed by atoms with Crippen molar-refractivity contribution in [2.45, 2.75) is 44.7 Å². The average molecular weight is 393 g/mol. The van der Waals surface area contributed by atoms with Crippen LogP contribution >= 0.6 is 0 Å². The van der Waals surface area contributed by atoms with Crippen molar-refractivity contribution in [3.63, 3.8) is 0 Å². The van der Waals surface area contributed by atoms with Crippen LogP contribution in [0.25, 0.3) is 0 Å². The summed E-state index contributed by atoms with van der Waals surface area (Å²) in [6, 6.07) is 10.7. The van der Waals surface area contributed by atoms with Crippen molar-refractivity contribution in [2.24, 2.45) is 5.92 Å². The number of pyridine rings is 1. The first kappa shape index (κ1) is 18.4. The van der Waals surface area contributed by atoms with Crippen molar-refractivity contribution in [3.05, 3.63) is 42.1 Å². The Balaban J connectivity index is 1.54. The molecule has 6 heteroatoms. The Morgan fingerprint density at radius 1 is 1.21 bits per heavy atom. The van der Waals surface area contributed by atoms with Gasteiger partial charge in [0.1, 0.15) is 5.82 Å². The van der Waals surface area contributed by atoms with Crippen LogP contribution in [0, 0.1) is 5.92 Å². The number of hydrogen-bond acceptors (Lipinski definition) is 5. The molecule has 0 unspecified atom stereocenters. The third-order valence-electron chi connectivity index (χ3n) is 6.54. The maximum atomic E-state index is 13.6. The molecule has 1 aromatic heterocycles. The number of fused-ring (bicyclic) bond motifs is 2. The fourth-order valence-corrected chi connectivity index (χ4v) is 4.55. The topological polar surface area (TPSA) is 57.7 Å². The van der Waals surface area contributed by atoms with E-state index in [1.807, 2.05) is 11.0 Å². The van der Waals surface area contributed by atoms with Crippen LogP contribution in [0.2, 0.25) is 0 Å². The largest absolute Gasteiger partial charge is 0.377 e. The van der Waals surface area contributed by atoms with E-state index in [0.29, 0.717) is 12.6 Å². The van der Waals surface area contributed by atoms with Crippen molar-refractivity contribution in [1.29, 1.82) is 0 Å². The van der Waals surface area contributed by atoms with Gasteiger partial charge in [0.2, 0.25) is 5.91 Å². The summed E-state index contributed by atoms with van der Waals surface area (Å²) in [6.07, 6.45) is 7.33. The lowest BCUT2D eigenvalue weighted by atomic mass is 9.88. The summed E-state index contributed by atoms with van der Waals surface area (Å²) in [4.78, 5) is 22.4. The number of aromatic nitrogens is 1. The molecule has 2 fully saturated rings. The Labute approximate surface area is 171 Å². The molecule has 0 atom stereocenters. The third kappa shape index (κ3) is 3.46. The number of hydrogen-bond donors (Lipinski definition) is 1. The second-order valence-electron chi connectivity index (χ2n) is 8.40. The van der Waals surface area contributed by atoms with Gasteiger partial charge in [0.05, 0.1) is 37.2 Å². The minimum atomic E-state index is 0.122. The molecule has 6 nitrogen and oxygen atoms in total. The molecular weight excluding hydrogens is 364 g/mol. The number of nitrogens with zero attached hydrogens (tertiary/aromatic N) is 3. The summed E-state index contributed by atoms with van der Waals surface area (Å²) >= 11 is 0. The first-order valence-electron chi connectivity index (χ1n) is 10.7. The van der Waals surface area contributed by atoms with Crippen molar-refractivity contribution < 1.29 is 9.53 Å². The molecule has 1 saturated carbocycles. The number of ether oxygens (including phenoxy) is 1. The zero-order chi connectivity index (χ0) is 19.8. The van der Waals surface area contributed by atoms with Crippen LogP contribution in [0.1, 0.15) is 37.7 Å². The van der Waals surface area contributed by atoms with E-state index in [-0.39, 0.29) is 11.8 Å². The van der Waals surface area contributed by atoms with E-state index in [9.17, 15) is 4.79 Å². The van der Waals surface area contributed by atoms with E-state index >= 15 is 0 Å². The summed E-state index contributed by atoms with van der Waals surface area (Å²) in [5.74, 6) is 1.20. The van der Waals surface area contributed by atoms with Gasteiger partial charge < -0.3 is 19.9 Å². The molecule has 1 saturated heterocycles. The zero-order valence-corrected chi connectivity index (χ0v) is 16.9. The molecule has 2 aromatic rings. The van der Waals surface area contributed by atoms with Crippen molar-refractivity contribution in [2.75, 3.05) is 35.4 Å². The molecule has 3 aliphatic rings. The quantitative estimate of drug-likeness (QED) is 0.853. The van der Waals surface area contributed by atoms with E-state index in [1.54, 1.807) is 6.20 Å². The van der Waals surface area contributed by atoms with E-state index in [4.69, 9.17) is 4.74 Å². The van der Waals surface area contributed by atoms with Gasteiger partial charge in [-0.05, 0) is 37.1 Å². The molecule has 1 aliphatic carbocycles. The number of carbonyl (C=O) groups excluding carboxylic acids is 1. The second kappa shape index (κ2) is 7.67. The van der Waals surface area contributed by atoms with E-state index in [0.717, 1.165) is 67.3 Å². The number of rotatable bonds is 3. The van der Waals surface area contributed by atoms with Crippen LogP contribution in [0.4, 0.5) is 22.9 Å². The van der Waals surface area contributed by atoms with Gasteiger partial charge in [0.15, 0.2) is 0 Å². The highest BCUT2D eigenvalue weighted by molar-refractivity contribution is 6.00. The maximum absolute atomic E-state index is 13.6. The minimum Gasteiger partial charge on any atom is -0.377 e. The Hall–Kier alpha value is -2.60. The molecule has 0 spiro atoms. The highest BCUT2D eigenvalue weighted by atomic mass is 16.5. The number of carbonyl (C=O) groups is 1. The van der Waals surface area contributed by atoms with Crippen LogP contribution in [-0.4, -0.2) is 37.2 Å². The first-order valence-corrected chi connectivity index (χ1v) is 10.7. The van der Waals surface area contributed by atoms with Crippen LogP contribution in [-0.2, 0) is 16.1 Å². The smallest absolute Gasteiger partial charge is 0.230 e. The van der Waals surface area contributed by atoms with Gasteiger partial charge in [0.25, 0.3) is 0 Å². The maximum Gasteiger partial charge on any atom is 0.230 e. The molecule has 1 N–H and O–H groups in total. The highest BCUT2D eigenvalue weighted by Gasteiger charge is 2.32. The summed E-state index contributed by atoms with van der Waals surface area (Å²) in [5.41, 5.74) is 4.05. The van der Waals surface area contributed by atoms with Crippen LogP contribution in [0.3, 0.4) is 0 Å². The number of amides is 1. The Morgan fingerprint density at radius 2 is 2.03 bits per heavy atom. The molecule has 0 radical (unpaired) electrons. The number of benzene rings is 1. The van der Waals surface area contributed by atoms with Gasteiger partial charge in [-0.15, -0.1) is 0 Å². The fourth-order valence-electron chi connectivity index (χ4n) is 4.55. The minimum absolute atomic E-state index is 0.122. The van der Waals surface area contributed by atoms with Crippen LogP contribution < -0.4 is 15.1 Å². The zero-order valence-electron chi connectivity index (χ0n) is 16.9. The van der Waals surface area contributed by atoms with Gasteiger partial charge in [0, 0.05) is 30.4 Å². The van der Waals surface area contributed by atoms with Crippen LogP contribution in [0.15, 0.2) is 36.5 Å². The van der Waals surface area contributed by atoms with Crippen molar-refractivity contribution >= 4 is 28.8 Å². The van der Waals surface area contributed by atoms with Gasteiger partial charge >= 0.3 is 0 Å². The molecule has 1 amide bonds. The fraction of sp³-hybridized carbons (Fsp3) is 0.478. The molecule has 0 bridgehead atoms. The van der Waals surface area contributed by atoms with E-state index in [1.165, 1.54) is 6.42 Å². The normalized spacial score (nSPS) is 19.4. The molecule has 1 aromatic carbocycles. The van der Waals surface area contributed by atoms with Crippen molar-refractivity contribution in [3.8, 4) is 0 Å². The molecule has 29 heavy (non-hydrogen) atoms. The Kier molecular flexibility index (Phi) is 4.87. The molecule has 2 aliphatic heterocycles. The predicted molar refractivity (Wildman–Crippen MR) is 115 cm³/mol. The molecular formula is C23H28N4O2. The first-order chi connectivity index (χ1) is 14.2. The van der Waals surface area contributed by atoms with Gasteiger partial charge in [-0.2, -0.15) is 0 Å². The van der Waals surface area contributed by atoms with Crippen LogP contribution in [0.5, 0.6) is 0 Å². The third-order valence-corrected chi connectivity index (χ3v) is 6.54. The number of likely N-dealkylation sites (N-methyl/N-ethyl adjacent to an activating group) is 1. The lowest BCUT2D eigenvalue weighted by molar-refractivity contribution is -0.123. The highest BCUT2D eigenvalue weighted by Crippen LogP contribution is 2.39. The van der Waals surface area contributed by atoms with Crippen molar-refractivity contribution in [1.82, 2.24) is 4.98 Å². The van der Waals surface area contributed by atoms with E-state index in [2.05, 4.69) is 46.5 Å². The Morgan fingerprint density at radius 3 is 2.79 bits per heavy atom. The number of nitrogens with one attached hydrogen (secondary N) is 1. The lowest BCUT2D eigenvalue weighted by Crippen LogP contribution is -2.47. The summed E-state index contributed by atoms with van der Waals surface area (Å²) < 4.78 is 5.36. The van der Waals surface area contributed by atoms with Gasteiger partial charge in [-0.3, -0.25) is 4.79 Å². The summed E-state index contributed by atoms with van der Waals surface area (Å²) in [6.45, 7) is 2.07.